The van der Waals surface area contributed by atoms with Crippen molar-refractivity contribution < 1.29 is 13.9 Å². The normalized spacial score (nSPS) is 12.5. The summed E-state index contributed by atoms with van der Waals surface area (Å²) < 4.78 is 26.5. The van der Waals surface area contributed by atoms with Gasteiger partial charge in [0.2, 0.25) is 0 Å². The van der Waals surface area contributed by atoms with Crippen molar-refractivity contribution in [2.45, 2.75) is 12.5 Å². The molecule has 3 rings (SSSR count). The molecule has 1 N–H and O–H groups in total. The molecule has 3 aromatic rings. The van der Waals surface area contributed by atoms with Crippen molar-refractivity contribution in [3.05, 3.63) is 77.5 Å². The summed E-state index contributed by atoms with van der Waals surface area (Å²) >= 11 is 0. The molecule has 2 aromatic carbocycles. The van der Waals surface area contributed by atoms with Crippen molar-refractivity contribution in [3.8, 4) is 0 Å². The van der Waals surface area contributed by atoms with Crippen LogP contribution in [-0.4, -0.2) is 10.1 Å². The zero-order chi connectivity index (χ0) is 14.8. The monoisotopic (exact) mass is 285 g/mol. The molecule has 1 heterocycles. The molecule has 0 bridgehead atoms. The summed E-state index contributed by atoms with van der Waals surface area (Å²) in [4.78, 5) is 4.23. The molecule has 0 amide bonds. The van der Waals surface area contributed by atoms with Crippen LogP contribution in [0.15, 0.2) is 54.7 Å². The van der Waals surface area contributed by atoms with Gasteiger partial charge in [-0.3, -0.25) is 4.98 Å². The second kappa shape index (κ2) is 5.58. The van der Waals surface area contributed by atoms with E-state index in [-0.39, 0.29) is 12.0 Å². The molecule has 0 spiro atoms. The van der Waals surface area contributed by atoms with Gasteiger partial charge >= 0.3 is 0 Å². The fourth-order valence-electron chi connectivity index (χ4n) is 2.30. The first-order valence-electron chi connectivity index (χ1n) is 6.60. The lowest BCUT2D eigenvalue weighted by molar-refractivity contribution is 0.177. The molecule has 0 radical (unpaired) electrons. The average molecular weight is 285 g/mol. The largest absolute Gasteiger partial charge is 0.388 e. The van der Waals surface area contributed by atoms with Crippen LogP contribution in [0.4, 0.5) is 8.78 Å². The Balaban J connectivity index is 1.87. The van der Waals surface area contributed by atoms with Gasteiger partial charge in [0.05, 0.1) is 11.6 Å². The lowest BCUT2D eigenvalue weighted by atomic mass is 10.00. The molecule has 0 aliphatic rings. The van der Waals surface area contributed by atoms with E-state index in [1.54, 1.807) is 18.3 Å². The molecule has 106 valence electrons. The smallest absolute Gasteiger partial charge is 0.129 e. The van der Waals surface area contributed by atoms with Gasteiger partial charge in [-0.1, -0.05) is 24.3 Å². The van der Waals surface area contributed by atoms with Gasteiger partial charge in [-0.2, -0.15) is 0 Å². The number of aliphatic hydroxyl groups is 1. The minimum absolute atomic E-state index is 0.0878. The molecule has 0 saturated carbocycles. The highest BCUT2D eigenvalue weighted by Gasteiger charge is 2.13. The van der Waals surface area contributed by atoms with Crippen molar-refractivity contribution in [2.75, 3.05) is 0 Å². The molecular formula is C17H13F2NO. The fraction of sp³-hybridized carbons (Fsp3) is 0.118. The molecule has 1 unspecified atom stereocenters. The predicted molar refractivity (Wildman–Crippen MR) is 76.8 cm³/mol. The Morgan fingerprint density at radius 2 is 1.90 bits per heavy atom. The van der Waals surface area contributed by atoms with Crippen LogP contribution in [-0.2, 0) is 6.42 Å². The first-order chi connectivity index (χ1) is 10.1. The second-order valence-corrected chi connectivity index (χ2v) is 4.91. The van der Waals surface area contributed by atoms with Gasteiger partial charge in [0.25, 0.3) is 0 Å². The zero-order valence-corrected chi connectivity index (χ0v) is 11.1. The molecule has 0 fully saturated rings. The Morgan fingerprint density at radius 3 is 2.71 bits per heavy atom. The highest BCUT2D eigenvalue weighted by molar-refractivity contribution is 5.78. The highest BCUT2D eigenvalue weighted by Crippen LogP contribution is 2.23. The number of aliphatic hydroxyl groups excluding tert-OH is 1. The van der Waals surface area contributed by atoms with Crippen LogP contribution in [0.5, 0.6) is 0 Å². The summed E-state index contributed by atoms with van der Waals surface area (Å²) in [7, 11) is 0. The molecule has 1 atom stereocenters. The summed E-state index contributed by atoms with van der Waals surface area (Å²) in [6, 6.07) is 12.6. The molecule has 2 nitrogen and oxygen atoms in total. The van der Waals surface area contributed by atoms with Gasteiger partial charge in [0.1, 0.15) is 11.6 Å². The summed E-state index contributed by atoms with van der Waals surface area (Å²) in [5.41, 5.74) is 1.71. The Morgan fingerprint density at radius 1 is 1.05 bits per heavy atom. The minimum Gasteiger partial charge on any atom is -0.388 e. The summed E-state index contributed by atoms with van der Waals surface area (Å²) in [6.45, 7) is 0. The van der Waals surface area contributed by atoms with Crippen molar-refractivity contribution in [1.29, 1.82) is 0 Å². The fourth-order valence-corrected chi connectivity index (χ4v) is 2.30. The molecule has 0 aliphatic heterocycles. The standard InChI is InChI=1S/C17H13F2NO/c18-14-6-5-12(15(19)10-14)9-17(21)13-4-3-11-2-1-7-20-16(11)8-13/h1-8,10,17,21H,9H2. The minimum atomic E-state index is -0.864. The van der Waals surface area contributed by atoms with Crippen LogP contribution in [0.1, 0.15) is 17.2 Å². The Labute approximate surface area is 120 Å². The number of nitrogens with zero attached hydrogens (tertiary/aromatic N) is 1. The van der Waals surface area contributed by atoms with Crippen LogP contribution in [0.25, 0.3) is 10.9 Å². The lowest BCUT2D eigenvalue weighted by Gasteiger charge is -2.12. The van der Waals surface area contributed by atoms with Gasteiger partial charge < -0.3 is 5.11 Å². The van der Waals surface area contributed by atoms with Crippen LogP contribution in [0, 0.1) is 11.6 Å². The van der Waals surface area contributed by atoms with Crippen LogP contribution < -0.4 is 0 Å². The Kier molecular flexibility index (Phi) is 3.62. The van der Waals surface area contributed by atoms with E-state index >= 15 is 0 Å². The molecule has 0 saturated heterocycles. The zero-order valence-electron chi connectivity index (χ0n) is 11.1. The van der Waals surface area contributed by atoms with Crippen LogP contribution in [0.3, 0.4) is 0 Å². The maximum atomic E-state index is 13.6. The van der Waals surface area contributed by atoms with Crippen LogP contribution in [0.2, 0.25) is 0 Å². The van der Waals surface area contributed by atoms with Crippen LogP contribution >= 0.6 is 0 Å². The SMILES string of the molecule is OC(Cc1ccc(F)cc1F)c1ccc2cccnc2c1. The summed E-state index contributed by atoms with van der Waals surface area (Å²) in [5, 5.41) is 11.2. The van der Waals surface area contributed by atoms with E-state index in [4.69, 9.17) is 0 Å². The number of aromatic nitrogens is 1. The predicted octanol–water partition coefficient (Wildman–Crippen LogP) is 3.79. The molecule has 0 aliphatic carbocycles. The second-order valence-electron chi connectivity index (χ2n) is 4.91. The van der Waals surface area contributed by atoms with Gasteiger partial charge in [0, 0.05) is 24.1 Å². The maximum Gasteiger partial charge on any atom is 0.129 e. The summed E-state index contributed by atoms with van der Waals surface area (Å²) in [6.07, 6.45) is 0.902. The van der Waals surface area contributed by atoms with Crippen molar-refractivity contribution in [3.63, 3.8) is 0 Å². The van der Waals surface area contributed by atoms with E-state index in [1.165, 1.54) is 12.1 Å². The quantitative estimate of drug-likeness (QED) is 0.794. The van der Waals surface area contributed by atoms with Gasteiger partial charge in [0.15, 0.2) is 0 Å². The van der Waals surface area contributed by atoms with E-state index in [0.717, 1.165) is 17.0 Å². The number of hydrogen-bond donors (Lipinski definition) is 1. The van der Waals surface area contributed by atoms with E-state index in [1.807, 2.05) is 18.2 Å². The number of halogens is 2. The number of fused-ring (bicyclic) bond motifs is 1. The van der Waals surface area contributed by atoms with Crippen molar-refractivity contribution >= 4 is 10.9 Å². The van der Waals surface area contributed by atoms with E-state index < -0.39 is 17.7 Å². The van der Waals surface area contributed by atoms with Gasteiger partial charge in [-0.15, -0.1) is 0 Å². The third-order valence-electron chi connectivity index (χ3n) is 3.44. The maximum absolute atomic E-state index is 13.6. The first-order valence-corrected chi connectivity index (χ1v) is 6.60. The molecule has 1 aromatic heterocycles. The van der Waals surface area contributed by atoms with Crippen molar-refractivity contribution in [2.24, 2.45) is 0 Å². The lowest BCUT2D eigenvalue weighted by Crippen LogP contribution is -2.04. The average Bonchev–Trinajstić information content (AvgIpc) is 2.49. The molecule has 4 heteroatoms. The molecule has 21 heavy (non-hydrogen) atoms. The highest BCUT2D eigenvalue weighted by atomic mass is 19.1. The first kappa shape index (κ1) is 13.6. The van der Waals surface area contributed by atoms with Gasteiger partial charge in [-0.25, -0.2) is 8.78 Å². The number of pyridine rings is 1. The topological polar surface area (TPSA) is 33.1 Å². The number of rotatable bonds is 3. The molecular weight excluding hydrogens is 272 g/mol. The Hall–Kier alpha value is -2.33. The van der Waals surface area contributed by atoms with Crippen molar-refractivity contribution in [1.82, 2.24) is 4.98 Å². The number of benzene rings is 2. The van der Waals surface area contributed by atoms with E-state index in [9.17, 15) is 13.9 Å². The summed E-state index contributed by atoms with van der Waals surface area (Å²) in [5.74, 6) is -1.27. The van der Waals surface area contributed by atoms with E-state index in [2.05, 4.69) is 4.98 Å². The van der Waals surface area contributed by atoms with E-state index in [0.29, 0.717) is 5.56 Å². The third kappa shape index (κ3) is 2.90. The number of hydrogen-bond acceptors (Lipinski definition) is 2. The van der Waals surface area contributed by atoms with Gasteiger partial charge in [-0.05, 0) is 29.3 Å². The third-order valence-corrected chi connectivity index (χ3v) is 3.44. The Bertz CT molecular complexity index is 789.